The van der Waals surface area contributed by atoms with Crippen LogP contribution in [0.1, 0.15) is 66.7 Å². The first kappa shape index (κ1) is 21.2. The number of nitrogens with zero attached hydrogens (tertiary/aromatic N) is 1. The van der Waals surface area contributed by atoms with E-state index in [2.05, 4.69) is 34.8 Å². The number of nitrogens with one attached hydrogen (secondary N) is 3. The fourth-order valence-electron chi connectivity index (χ4n) is 4.98. The number of hydrogen-bond donors (Lipinski definition) is 3. The van der Waals surface area contributed by atoms with Crippen molar-refractivity contribution in [1.29, 1.82) is 0 Å². The van der Waals surface area contributed by atoms with Gasteiger partial charge in [0, 0.05) is 43.1 Å². The Bertz CT molecular complexity index is 591. The van der Waals surface area contributed by atoms with Crippen LogP contribution in [0, 0.1) is 11.3 Å². The number of aliphatic imine (C=N–C) groups is 1. The van der Waals surface area contributed by atoms with Gasteiger partial charge in [-0.3, -0.25) is 4.99 Å². The molecule has 1 heterocycles. The van der Waals surface area contributed by atoms with E-state index in [0.29, 0.717) is 24.1 Å². The molecule has 0 aromatic carbocycles. The monoisotopic (exact) mass is 394 g/mol. The molecule has 0 aromatic rings. The van der Waals surface area contributed by atoms with Gasteiger partial charge in [-0.1, -0.05) is 13.8 Å². The highest BCUT2D eigenvalue weighted by Crippen LogP contribution is 2.52. The summed E-state index contributed by atoms with van der Waals surface area (Å²) in [6.07, 6.45) is 5.08. The molecule has 0 spiro atoms. The van der Waals surface area contributed by atoms with Gasteiger partial charge in [-0.15, -0.1) is 0 Å². The first-order chi connectivity index (χ1) is 13.1. The van der Waals surface area contributed by atoms with Crippen molar-refractivity contribution in [3.8, 4) is 0 Å². The maximum Gasteiger partial charge on any atom is 0.407 e. The summed E-state index contributed by atoms with van der Waals surface area (Å²) < 4.78 is 11.3. The van der Waals surface area contributed by atoms with E-state index < -0.39 is 5.60 Å². The van der Waals surface area contributed by atoms with E-state index in [9.17, 15) is 4.79 Å². The minimum Gasteiger partial charge on any atom is -0.444 e. The van der Waals surface area contributed by atoms with E-state index in [4.69, 9.17) is 9.47 Å². The molecule has 3 unspecified atom stereocenters. The van der Waals surface area contributed by atoms with Crippen molar-refractivity contribution in [3.63, 3.8) is 0 Å². The molecule has 7 nitrogen and oxygen atoms in total. The molecule has 1 amide bonds. The predicted octanol–water partition coefficient (Wildman–Crippen LogP) is 2.80. The van der Waals surface area contributed by atoms with Gasteiger partial charge in [-0.25, -0.2) is 4.79 Å². The third-order valence-corrected chi connectivity index (χ3v) is 6.41. The van der Waals surface area contributed by atoms with Crippen LogP contribution in [0.25, 0.3) is 0 Å². The molecule has 160 valence electrons. The fraction of sp³-hybridized carbons (Fsp3) is 0.905. The van der Waals surface area contributed by atoms with Crippen LogP contribution in [0.4, 0.5) is 4.79 Å². The number of ether oxygens (including phenoxy) is 2. The summed E-state index contributed by atoms with van der Waals surface area (Å²) in [4.78, 5) is 16.4. The lowest BCUT2D eigenvalue weighted by atomic mass is 9.57. The Hall–Kier alpha value is -1.50. The standard InChI is InChI=1S/C21H38N4O3/c1-20(2,3)28-19(26)24-14-9-7-13(8-10-14)23-18(22-6)25-16-15-11-12-27-17(15)21(16,4)5/h13-17H,7-12H2,1-6H3,(H,24,26)(H2,22,23,25). The van der Waals surface area contributed by atoms with Crippen LogP contribution in [-0.4, -0.2) is 55.5 Å². The highest BCUT2D eigenvalue weighted by molar-refractivity contribution is 5.80. The fourth-order valence-corrected chi connectivity index (χ4v) is 4.98. The van der Waals surface area contributed by atoms with Gasteiger partial charge in [-0.2, -0.15) is 0 Å². The lowest BCUT2D eigenvalue weighted by Gasteiger charge is -2.55. The van der Waals surface area contributed by atoms with Crippen molar-refractivity contribution >= 4 is 12.1 Å². The number of hydrogen-bond acceptors (Lipinski definition) is 4. The van der Waals surface area contributed by atoms with E-state index in [0.717, 1.165) is 44.7 Å². The Labute approximate surface area is 169 Å². The van der Waals surface area contributed by atoms with Crippen LogP contribution < -0.4 is 16.0 Å². The predicted molar refractivity (Wildman–Crippen MR) is 110 cm³/mol. The van der Waals surface area contributed by atoms with Crippen LogP contribution in [-0.2, 0) is 9.47 Å². The van der Waals surface area contributed by atoms with Gasteiger partial charge in [0.05, 0.1) is 6.10 Å². The van der Waals surface area contributed by atoms with Crippen molar-refractivity contribution in [1.82, 2.24) is 16.0 Å². The minimum absolute atomic E-state index is 0.133. The summed E-state index contributed by atoms with van der Waals surface area (Å²) in [6.45, 7) is 11.1. The molecular weight excluding hydrogens is 356 g/mol. The molecule has 3 atom stereocenters. The lowest BCUT2D eigenvalue weighted by Crippen LogP contribution is -2.68. The number of carbonyl (C=O) groups is 1. The molecule has 0 radical (unpaired) electrons. The summed E-state index contributed by atoms with van der Waals surface area (Å²) in [5.74, 6) is 1.47. The first-order valence-corrected chi connectivity index (χ1v) is 10.7. The van der Waals surface area contributed by atoms with E-state index in [1.807, 2.05) is 27.8 Å². The zero-order valence-electron chi connectivity index (χ0n) is 18.3. The summed E-state index contributed by atoms with van der Waals surface area (Å²) in [7, 11) is 1.83. The smallest absolute Gasteiger partial charge is 0.407 e. The zero-order valence-corrected chi connectivity index (χ0v) is 18.3. The molecular formula is C21H38N4O3. The quantitative estimate of drug-likeness (QED) is 0.506. The second-order valence-corrected chi connectivity index (χ2v) is 10.1. The summed E-state index contributed by atoms with van der Waals surface area (Å²) in [5.41, 5.74) is -0.326. The van der Waals surface area contributed by atoms with Crippen LogP contribution >= 0.6 is 0 Å². The molecule has 28 heavy (non-hydrogen) atoms. The van der Waals surface area contributed by atoms with E-state index in [1.54, 1.807) is 0 Å². The molecule has 7 heteroatoms. The molecule has 3 rings (SSSR count). The lowest BCUT2D eigenvalue weighted by molar-refractivity contribution is -0.106. The maximum atomic E-state index is 12.0. The maximum absolute atomic E-state index is 12.0. The number of amides is 1. The molecule has 1 saturated heterocycles. The number of rotatable bonds is 3. The Morgan fingerprint density at radius 1 is 1.04 bits per heavy atom. The van der Waals surface area contributed by atoms with Gasteiger partial charge in [0.15, 0.2) is 5.96 Å². The van der Waals surface area contributed by atoms with Gasteiger partial charge in [-0.05, 0) is 52.9 Å². The largest absolute Gasteiger partial charge is 0.444 e. The Kier molecular flexibility index (Phi) is 6.13. The molecule has 2 saturated carbocycles. The van der Waals surface area contributed by atoms with Gasteiger partial charge >= 0.3 is 6.09 Å². The normalized spacial score (nSPS) is 34.8. The summed E-state index contributed by atoms with van der Waals surface area (Å²) in [6, 6.07) is 0.961. The average molecular weight is 395 g/mol. The van der Waals surface area contributed by atoms with Gasteiger partial charge in [0.1, 0.15) is 5.60 Å². The number of fused-ring (bicyclic) bond motifs is 1. The third-order valence-electron chi connectivity index (χ3n) is 6.41. The van der Waals surface area contributed by atoms with Crippen molar-refractivity contribution in [3.05, 3.63) is 0 Å². The van der Waals surface area contributed by atoms with E-state index in [1.165, 1.54) is 0 Å². The topological polar surface area (TPSA) is 84.0 Å². The van der Waals surface area contributed by atoms with Gasteiger partial charge in [0.25, 0.3) is 0 Å². The van der Waals surface area contributed by atoms with Crippen LogP contribution in [0.5, 0.6) is 0 Å². The van der Waals surface area contributed by atoms with Crippen LogP contribution in [0.15, 0.2) is 4.99 Å². The van der Waals surface area contributed by atoms with E-state index in [-0.39, 0.29) is 17.6 Å². The molecule has 2 aliphatic carbocycles. The van der Waals surface area contributed by atoms with Crippen molar-refractivity contribution in [2.24, 2.45) is 16.3 Å². The number of alkyl carbamates (subject to hydrolysis) is 1. The first-order valence-electron chi connectivity index (χ1n) is 10.7. The van der Waals surface area contributed by atoms with Gasteiger partial charge in [0.2, 0.25) is 0 Å². The van der Waals surface area contributed by atoms with E-state index >= 15 is 0 Å². The molecule has 0 aromatic heterocycles. The summed E-state index contributed by atoms with van der Waals surface area (Å²) in [5, 5.41) is 10.2. The minimum atomic E-state index is -0.459. The average Bonchev–Trinajstić information content (AvgIpc) is 3.05. The van der Waals surface area contributed by atoms with Crippen molar-refractivity contribution in [2.45, 2.75) is 96.6 Å². The van der Waals surface area contributed by atoms with Crippen LogP contribution in [0.3, 0.4) is 0 Å². The third kappa shape index (κ3) is 4.73. The SMILES string of the molecule is CN=C(NC1CCC(NC(=O)OC(C)(C)C)CC1)NC1C2CCOC2C1(C)C. The second-order valence-electron chi connectivity index (χ2n) is 10.1. The molecule has 3 fully saturated rings. The number of carbonyl (C=O) groups excluding carboxylic acids is 1. The molecule has 1 aliphatic heterocycles. The Balaban J connectivity index is 1.43. The second kappa shape index (κ2) is 8.09. The van der Waals surface area contributed by atoms with Crippen LogP contribution in [0.2, 0.25) is 0 Å². The number of guanidine groups is 1. The highest BCUT2D eigenvalue weighted by Gasteiger charge is 2.59. The Morgan fingerprint density at radius 3 is 2.21 bits per heavy atom. The van der Waals surface area contributed by atoms with Gasteiger partial charge < -0.3 is 25.4 Å². The van der Waals surface area contributed by atoms with Crippen molar-refractivity contribution in [2.75, 3.05) is 13.7 Å². The molecule has 3 N–H and O–H groups in total. The Morgan fingerprint density at radius 2 is 1.64 bits per heavy atom. The molecule has 0 bridgehead atoms. The van der Waals surface area contributed by atoms with Crippen molar-refractivity contribution < 1.29 is 14.3 Å². The highest BCUT2D eigenvalue weighted by atomic mass is 16.6. The summed E-state index contributed by atoms with van der Waals surface area (Å²) >= 11 is 0. The molecule has 3 aliphatic rings. The zero-order chi connectivity index (χ0) is 20.5.